The molecule has 0 unspecified atom stereocenters. The van der Waals surface area contributed by atoms with Crippen LogP contribution in [0.3, 0.4) is 0 Å². The van der Waals surface area contributed by atoms with Crippen LogP contribution in [-0.2, 0) is 6.42 Å². The van der Waals surface area contributed by atoms with Crippen molar-refractivity contribution < 1.29 is 22.7 Å². The van der Waals surface area contributed by atoms with Crippen molar-refractivity contribution in [3.63, 3.8) is 0 Å². The minimum absolute atomic E-state index is 0.320. The highest BCUT2D eigenvalue weighted by Crippen LogP contribution is 2.25. The molecule has 1 heterocycles. The highest BCUT2D eigenvalue weighted by molar-refractivity contribution is 5.98. The van der Waals surface area contributed by atoms with E-state index < -0.39 is 12.7 Å². The van der Waals surface area contributed by atoms with Crippen LogP contribution in [0.1, 0.15) is 15.9 Å². The smallest absolute Gasteiger partial charge is 0.401 e. The second kappa shape index (κ2) is 4.97. The molecule has 2 rings (SSSR count). The number of carbonyl (C=O) groups is 1. The number of hydrogen-bond donors (Lipinski definition) is 1. The number of Topliss-reactive ketones (excluding diaryl/α,β-unsaturated/α-hetero) is 1. The quantitative estimate of drug-likeness (QED) is 0.840. The van der Waals surface area contributed by atoms with Crippen LogP contribution in [0.15, 0.2) is 18.2 Å². The van der Waals surface area contributed by atoms with Gasteiger partial charge in [-0.2, -0.15) is 13.2 Å². The molecule has 0 aromatic heterocycles. The Labute approximate surface area is 102 Å². The number of fused-ring (bicyclic) bond motifs is 1. The Morgan fingerprint density at radius 1 is 1.39 bits per heavy atom. The van der Waals surface area contributed by atoms with Crippen LogP contribution >= 0.6 is 0 Å². The molecule has 0 spiro atoms. The molecule has 1 aliphatic rings. The third-order valence-electron chi connectivity index (χ3n) is 2.62. The van der Waals surface area contributed by atoms with Crippen LogP contribution in [0.25, 0.3) is 0 Å². The van der Waals surface area contributed by atoms with E-state index in [2.05, 4.69) is 5.32 Å². The van der Waals surface area contributed by atoms with Crippen LogP contribution in [0.2, 0.25) is 0 Å². The van der Waals surface area contributed by atoms with Crippen LogP contribution < -0.4 is 10.1 Å². The summed E-state index contributed by atoms with van der Waals surface area (Å²) in [7, 11) is 0. The average molecular weight is 259 g/mol. The zero-order valence-electron chi connectivity index (χ0n) is 9.51. The van der Waals surface area contributed by atoms with Gasteiger partial charge in [0.05, 0.1) is 19.7 Å². The lowest BCUT2D eigenvalue weighted by Crippen LogP contribution is -2.32. The van der Waals surface area contributed by atoms with Gasteiger partial charge >= 0.3 is 6.18 Å². The SMILES string of the molecule is O=C(CNCC(F)(F)F)c1ccc2c(c1)CCO2. The van der Waals surface area contributed by atoms with E-state index in [1.165, 1.54) is 0 Å². The molecule has 0 radical (unpaired) electrons. The van der Waals surface area contributed by atoms with E-state index in [1.807, 2.05) is 0 Å². The summed E-state index contributed by atoms with van der Waals surface area (Å²) in [6.45, 7) is -0.898. The topological polar surface area (TPSA) is 38.3 Å². The molecule has 3 nitrogen and oxygen atoms in total. The number of benzene rings is 1. The van der Waals surface area contributed by atoms with Gasteiger partial charge < -0.3 is 10.1 Å². The Hall–Kier alpha value is -1.56. The van der Waals surface area contributed by atoms with Gasteiger partial charge in [-0.25, -0.2) is 0 Å². The van der Waals surface area contributed by atoms with Crippen LogP contribution in [0, 0.1) is 0 Å². The minimum Gasteiger partial charge on any atom is -0.493 e. The third kappa shape index (κ3) is 3.22. The second-order valence-electron chi connectivity index (χ2n) is 4.06. The molecule has 1 aromatic carbocycles. The predicted molar refractivity (Wildman–Crippen MR) is 58.9 cm³/mol. The van der Waals surface area contributed by atoms with Crippen molar-refractivity contribution in [2.24, 2.45) is 0 Å². The van der Waals surface area contributed by atoms with Gasteiger partial charge in [0.25, 0.3) is 0 Å². The monoisotopic (exact) mass is 259 g/mol. The maximum atomic E-state index is 11.9. The molecule has 0 atom stereocenters. The lowest BCUT2D eigenvalue weighted by Gasteiger charge is -2.08. The normalized spacial score (nSPS) is 14.2. The van der Waals surface area contributed by atoms with Gasteiger partial charge in [0.1, 0.15) is 5.75 Å². The third-order valence-corrected chi connectivity index (χ3v) is 2.62. The summed E-state index contributed by atoms with van der Waals surface area (Å²) in [4.78, 5) is 11.7. The number of ether oxygens (including phenoxy) is 1. The molecule has 0 aliphatic carbocycles. The van der Waals surface area contributed by atoms with Crippen molar-refractivity contribution in [1.82, 2.24) is 5.32 Å². The summed E-state index contributed by atoms with van der Waals surface area (Å²) in [5.41, 5.74) is 1.34. The fourth-order valence-electron chi connectivity index (χ4n) is 1.78. The molecule has 1 N–H and O–H groups in total. The fraction of sp³-hybridized carbons (Fsp3) is 0.417. The van der Waals surface area contributed by atoms with E-state index in [4.69, 9.17) is 4.74 Å². The van der Waals surface area contributed by atoms with Crippen molar-refractivity contribution in [1.29, 1.82) is 0 Å². The van der Waals surface area contributed by atoms with E-state index in [0.717, 1.165) is 17.7 Å². The summed E-state index contributed by atoms with van der Waals surface area (Å²) in [6, 6.07) is 4.93. The molecule has 18 heavy (non-hydrogen) atoms. The van der Waals surface area contributed by atoms with Crippen molar-refractivity contribution in [3.8, 4) is 5.75 Å². The minimum atomic E-state index is -4.30. The number of ketones is 1. The number of hydrogen-bond acceptors (Lipinski definition) is 3. The molecular weight excluding hydrogens is 247 g/mol. The van der Waals surface area contributed by atoms with Crippen molar-refractivity contribution >= 4 is 5.78 Å². The van der Waals surface area contributed by atoms with E-state index in [-0.39, 0.29) is 12.3 Å². The van der Waals surface area contributed by atoms with E-state index in [0.29, 0.717) is 12.2 Å². The first-order chi connectivity index (χ1) is 8.46. The Morgan fingerprint density at radius 2 is 2.17 bits per heavy atom. The fourth-order valence-corrected chi connectivity index (χ4v) is 1.78. The van der Waals surface area contributed by atoms with Crippen LogP contribution in [0.4, 0.5) is 13.2 Å². The van der Waals surface area contributed by atoms with Gasteiger partial charge in [-0.3, -0.25) is 4.79 Å². The van der Waals surface area contributed by atoms with Crippen LogP contribution in [-0.4, -0.2) is 31.7 Å². The highest BCUT2D eigenvalue weighted by Gasteiger charge is 2.26. The lowest BCUT2D eigenvalue weighted by molar-refractivity contribution is -0.124. The van der Waals surface area contributed by atoms with E-state index in [9.17, 15) is 18.0 Å². The number of rotatable bonds is 4. The number of alkyl halides is 3. The summed E-state index contributed by atoms with van der Waals surface area (Å²) in [5, 5.41) is 2.09. The van der Waals surface area contributed by atoms with Gasteiger partial charge in [-0.15, -0.1) is 0 Å². The van der Waals surface area contributed by atoms with Gasteiger partial charge in [0.2, 0.25) is 0 Å². The number of carbonyl (C=O) groups excluding carboxylic acids is 1. The molecule has 0 saturated carbocycles. The molecule has 0 amide bonds. The summed E-state index contributed by atoms with van der Waals surface area (Å²) in [5.74, 6) is 0.392. The first-order valence-electron chi connectivity index (χ1n) is 5.52. The predicted octanol–water partition coefficient (Wildman–Crippen LogP) is 1.96. The first kappa shape index (κ1) is 12.9. The maximum Gasteiger partial charge on any atom is 0.401 e. The van der Waals surface area contributed by atoms with Gasteiger partial charge in [0, 0.05) is 12.0 Å². The summed E-state index contributed by atoms with van der Waals surface area (Å²) < 4.78 is 41.0. The largest absolute Gasteiger partial charge is 0.493 e. The number of halogens is 3. The van der Waals surface area contributed by atoms with Crippen LogP contribution in [0.5, 0.6) is 5.75 Å². The van der Waals surface area contributed by atoms with Gasteiger partial charge in [-0.1, -0.05) is 0 Å². The average Bonchev–Trinajstić information content (AvgIpc) is 2.73. The summed E-state index contributed by atoms with van der Waals surface area (Å²) >= 11 is 0. The molecule has 0 bridgehead atoms. The van der Waals surface area contributed by atoms with Gasteiger partial charge in [-0.05, 0) is 23.8 Å². The Kier molecular flexibility index (Phi) is 3.56. The Bertz CT molecular complexity index is 457. The molecule has 6 heteroatoms. The van der Waals surface area contributed by atoms with Gasteiger partial charge in [0.15, 0.2) is 5.78 Å². The second-order valence-corrected chi connectivity index (χ2v) is 4.06. The Morgan fingerprint density at radius 3 is 2.89 bits per heavy atom. The summed E-state index contributed by atoms with van der Waals surface area (Å²) in [6.07, 6.45) is -3.57. The molecule has 0 fully saturated rings. The van der Waals surface area contributed by atoms with E-state index >= 15 is 0 Å². The lowest BCUT2D eigenvalue weighted by atomic mass is 10.1. The zero-order chi connectivity index (χ0) is 13.2. The molecule has 98 valence electrons. The first-order valence-corrected chi connectivity index (χ1v) is 5.52. The molecule has 1 aromatic rings. The van der Waals surface area contributed by atoms with Crippen molar-refractivity contribution in [2.75, 3.05) is 19.7 Å². The highest BCUT2D eigenvalue weighted by atomic mass is 19.4. The zero-order valence-corrected chi connectivity index (χ0v) is 9.51. The van der Waals surface area contributed by atoms with Crippen molar-refractivity contribution in [3.05, 3.63) is 29.3 Å². The maximum absolute atomic E-state index is 11.9. The number of nitrogens with one attached hydrogen (secondary N) is 1. The standard InChI is InChI=1S/C12H12F3NO2/c13-12(14,15)7-16-6-10(17)8-1-2-11-9(5-8)3-4-18-11/h1-2,5,16H,3-4,6-7H2. The van der Waals surface area contributed by atoms with E-state index in [1.54, 1.807) is 18.2 Å². The molecule has 0 saturated heterocycles. The van der Waals surface area contributed by atoms with Crippen molar-refractivity contribution in [2.45, 2.75) is 12.6 Å². The Balaban J connectivity index is 1.93. The molecule has 1 aliphatic heterocycles. The molecular formula is C12H12F3NO2.